The molecular weight excluding hydrogens is 232 g/mol. The van der Waals surface area contributed by atoms with Crippen molar-refractivity contribution in [3.05, 3.63) is 35.0 Å². The van der Waals surface area contributed by atoms with Gasteiger partial charge in [0.2, 0.25) is 0 Å². The van der Waals surface area contributed by atoms with Crippen molar-refractivity contribution in [2.45, 2.75) is 45.1 Å². The molecule has 2 atom stereocenters. The van der Waals surface area contributed by atoms with Crippen LogP contribution in [0.2, 0.25) is 0 Å². The fourth-order valence-corrected chi connectivity index (χ4v) is 4.07. The van der Waals surface area contributed by atoms with Gasteiger partial charge < -0.3 is 5.32 Å². The van der Waals surface area contributed by atoms with Crippen LogP contribution in [0.1, 0.15) is 50.2 Å². The second-order valence-corrected chi connectivity index (χ2v) is 6.48. The van der Waals surface area contributed by atoms with Crippen LogP contribution in [-0.2, 0) is 0 Å². The highest BCUT2D eigenvalue weighted by molar-refractivity contribution is 5.79. The molecule has 0 amide bonds. The zero-order valence-electron chi connectivity index (χ0n) is 11.9. The van der Waals surface area contributed by atoms with E-state index in [0.717, 1.165) is 6.54 Å². The summed E-state index contributed by atoms with van der Waals surface area (Å²) < 4.78 is 0. The molecule has 2 unspecified atom stereocenters. The highest BCUT2D eigenvalue weighted by Crippen LogP contribution is 2.39. The highest BCUT2D eigenvalue weighted by Gasteiger charge is 2.42. The predicted molar refractivity (Wildman–Crippen MR) is 78.6 cm³/mol. The topological polar surface area (TPSA) is 16.5 Å². The summed E-state index contributed by atoms with van der Waals surface area (Å²) in [5, 5.41) is 3.72. The summed E-state index contributed by atoms with van der Waals surface area (Å²) >= 11 is 0. The quantitative estimate of drug-likeness (QED) is 0.786. The fourth-order valence-electron chi connectivity index (χ4n) is 4.07. The van der Waals surface area contributed by atoms with E-state index in [1.54, 1.807) is 27.4 Å². The largest absolute Gasteiger partial charge is 0.300 e. The number of rotatable bonds is 1. The van der Waals surface area contributed by atoms with E-state index in [1.807, 2.05) is 0 Å². The molecule has 2 N–H and O–H groups in total. The van der Waals surface area contributed by atoms with E-state index < -0.39 is 0 Å². The molecule has 1 aromatic carbocycles. The van der Waals surface area contributed by atoms with E-state index in [9.17, 15) is 0 Å². The maximum Gasteiger partial charge on any atom is 0.143 e. The summed E-state index contributed by atoms with van der Waals surface area (Å²) in [5.74, 6) is 0.626. The first-order valence-corrected chi connectivity index (χ1v) is 7.73. The van der Waals surface area contributed by atoms with E-state index in [1.165, 1.54) is 31.4 Å². The van der Waals surface area contributed by atoms with Crippen LogP contribution in [0, 0.1) is 0 Å². The maximum atomic E-state index is 3.72. The van der Waals surface area contributed by atoms with Crippen molar-refractivity contribution in [2.24, 2.45) is 0 Å². The molecule has 2 nitrogen and oxygen atoms in total. The van der Waals surface area contributed by atoms with Crippen molar-refractivity contribution in [1.29, 1.82) is 0 Å². The standard InChI is InChI=1S/C17H22N2/c1-11(2)12-6-7-16-14(10-12)13-4-3-5-15-17(13)19(16)9-8-18-15/h6-7,10-11,15,18H,3-5,8-9H2,1-2H3/p+1. The van der Waals surface area contributed by atoms with Crippen LogP contribution < -0.4 is 10.2 Å². The number of hydrogen-bond acceptors (Lipinski definition) is 1. The second kappa shape index (κ2) is 4.19. The van der Waals surface area contributed by atoms with E-state index in [2.05, 4.69) is 37.4 Å². The lowest BCUT2D eigenvalue weighted by Crippen LogP contribution is -3.08. The average molecular weight is 255 g/mol. The first-order valence-electron chi connectivity index (χ1n) is 7.73. The number of quaternary nitrogens is 1. The molecule has 0 aromatic heterocycles. The lowest BCUT2D eigenvalue weighted by molar-refractivity contribution is -0.793. The van der Waals surface area contributed by atoms with Crippen LogP contribution in [0.4, 0.5) is 5.69 Å². The minimum atomic E-state index is 0.626. The van der Waals surface area contributed by atoms with Gasteiger partial charge in [-0.1, -0.05) is 19.9 Å². The zero-order chi connectivity index (χ0) is 13.0. The normalized spacial score (nSPS) is 28.6. The smallest absolute Gasteiger partial charge is 0.143 e. The molecule has 0 saturated carbocycles. The first-order chi connectivity index (χ1) is 9.25. The van der Waals surface area contributed by atoms with Crippen molar-refractivity contribution in [2.75, 3.05) is 13.1 Å². The monoisotopic (exact) mass is 255 g/mol. The fraction of sp³-hybridized carbons (Fsp3) is 0.529. The Hall–Kier alpha value is -1.12. The van der Waals surface area contributed by atoms with Gasteiger partial charge in [0.15, 0.2) is 0 Å². The van der Waals surface area contributed by atoms with Crippen LogP contribution >= 0.6 is 0 Å². The summed E-state index contributed by atoms with van der Waals surface area (Å²) in [7, 11) is 0. The van der Waals surface area contributed by atoms with Gasteiger partial charge in [-0.25, -0.2) is 0 Å². The number of fused-ring (bicyclic) bond motifs is 3. The van der Waals surface area contributed by atoms with Crippen molar-refractivity contribution < 1.29 is 4.90 Å². The van der Waals surface area contributed by atoms with Crippen LogP contribution in [0.15, 0.2) is 23.9 Å². The van der Waals surface area contributed by atoms with E-state index in [0.29, 0.717) is 12.0 Å². The molecule has 4 rings (SSSR count). The van der Waals surface area contributed by atoms with E-state index in [4.69, 9.17) is 0 Å². The molecule has 100 valence electrons. The molecule has 2 aliphatic heterocycles. The molecule has 1 aromatic rings. The van der Waals surface area contributed by atoms with Gasteiger partial charge in [-0.2, -0.15) is 0 Å². The van der Waals surface area contributed by atoms with Crippen LogP contribution in [0.3, 0.4) is 0 Å². The third-order valence-corrected chi connectivity index (χ3v) is 5.04. The lowest BCUT2D eigenvalue weighted by Gasteiger charge is -2.32. The minimum Gasteiger partial charge on any atom is -0.300 e. The maximum absolute atomic E-state index is 3.72. The van der Waals surface area contributed by atoms with Crippen LogP contribution in [0.5, 0.6) is 0 Å². The Balaban J connectivity index is 1.88. The highest BCUT2D eigenvalue weighted by atomic mass is 15.2. The third-order valence-electron chi connectivity index (χ3n) is 5.04. The Morgan fingerprint density at radius 3 is 3.05 bits per heavy atom. The van der Waals surface area contributed by atoms with Gasteiger partial charge in [0.25, 0.3) is 0 Å². The van der Waals surface area contributed by atoms with E-state index in [-0.39, 0.29) is 0 Å². The van der Waals surface area contributed by atoms with Crippen LogP contribution in [0.25, 0.3) is 5.57 Å². The second-order valence-electron chi connectivity index (χ2n) is 6.48. The summed E-state index contributed by atoms with van der Waals surface area (Å²) in [6.45, 7) is 6.95. The Morgan fingerprint density at radius 2 is 2.21 bits per heavy atom. The number of hydrogen-bond donors (Lipinski definition) is 2. The molecule has 0 spiro atoms. The molecule has 3 aliphatic rings. The molecule has 2 heteroatoms. The van der Waals surface area contributed by atoms with Gasteiger partial charge in [-0.05, 0) is 36.8 Å². The van der Waals surface area contributed by atoms with Gasteiger partial charge in [0, 0.05) is 23.7 Å². The van der Waals surface area contributed by atoms with Gasteiger partial charge in [0.1, 0.15) is 11.4 Å². The summed E-state index contributed by atoms with van der Waals surface area (Å²) in [5.41, 5.74) is 7.93. The van der Waals surface area contributed by atoms with Gasteiger partial charge in [0.05, 0.1) is 12.6 Å². The summed E-state index contributed by atoms with van der Waals surface area (Å²) in [6, 6.07) is 7.84. The Labute approximate surface area is 115 Å². The third kappa shape index (κ3) is 1.63. The van der Waals surface area contributed by atoms with Gasteiger partial charge in [-0.3, -0.25) is 4.90 Å². The van der Waals surface area contributed by atoms with Crippen molar-refractivity contribution >= 4 is 11.3 Å². The molecule has 0 bridgehead atoms. The van der Waals surface area contributed by atoms with Gasteiger partial charge >= 0.3 is 0 Å². The average Bonchev–Trinajstić information content (AvgIpc) is 2.76. The molecular formula is C17H23N2+. The zero-order valence-corrected chi connectivity index (χ0v) is 11.9. The van der Waals surface area contributed by atoms with E-state index >= 15 is 0 Å². The Kier molecular flexibility index (Phi) is 2.58. The predicted octanol–water partition coefficient (Wildman–Crippen LogP) is 2.21. The molecule has 1 fully saturated rings. The number of benzene rings is 1. The summed E-state index contributed by atoms with van der Waals surface area (Å²) in [4.78, 5) is 1.66. The van der Waals surface area contributed by atoms with Crippen molar-refractivity contribution in [1.82, 2.24) is 5.32 Å². The number of piperazine rings is 1. The SMILES string of the molecule is CC(C)c1ccc2c(c1)C1=C3C(CCC1)NCC[NH+]32. The molecule has 1 aliphatic carbocycles. The lowest BCUT2D eigenvalue weighted by atomic mass is 9.88. The first kappa shape index (κ1) is 11.7. The Bertz CT molecular complexity index is 556. The number of nitrogens with one attached hydrogen (secondary N) is 2. The summed E-state index contributed by atoms with van der Waals surface area (Å²) in [6.07, 6.45) is 3.95. The van der Waals surface area contributed by atoms with Crippen molar-refractivity contribution in [3.63, 3.8) is 0 Å². The number of allylic oxidation sites excluding steroid dienone is 1. The van der Waals surface area contributed by atoms with Gasteiger partial charge in [-0.15, -0.1) is 0 Å². The van der Waals surface area contributed by atoms with Crippen LogP contribution in [-0.4, -0.2) is 19.1 Å². The van der Waals surface area contributed by atoms with Crippen molar-refractivity contribution in [3.8, 4) is 0 Å². The molecule has 1 saturated heterocycles. The molecule has 0 radical (unpaired) electrons. The minimum absolute atomic E-state index is 0.626. The molecule has 19 heavy (non-hydrogen) atoms. The Morgan fingerprint density at radius 1 is 1.32 bits per heavy atom. The molecule has 2 heterocycles.